The van der Waals surface area contributed by atoms with Crippen LogP contribution in [0.25, 0.3) is 0 Å². The first-order valence-electron chi connectivity index (χ1n) is 10.3. The zero-order valence-electron chi connectivity index (χ0n) is 18.1. The summed E-state index contributed by atoms with van der Waals surface area (Å²) in [4.78, 5) is 27.9. The minimum absolute atomic E-state index is 0.0489. The maximum absolute atomic E-state index is 13.7. The Morgan fingerprint density at radius 1 is 1.12 bits per heavy atom. The van der Waals surface area contributed by atoms with Gasteiger partial charge in [0.25, 0.3) is 5.91 Å². The van der Waals surface area contributed by atoms with Crippen molar-refractivity contribution in [3.8, 4) is 11.8 Å². The van der Waals surface area contributed by atoms with Crippen molar-refractivity contribution in [2.45, 2.75) is 58.6 Å². The van der Waals surface area contributed by atoms with Gasteiger partial charge in [-0.1, -0.05) is 35.0 Å². The Morgan fingerprint density at radius 3 is 2.34 bits per heavy atom. The van der Waals surface area contributed by atoms with Crippen LogP contribution in [-0.4, -0.2) is 34.2 Å². The lowest BCUT2D eigenvalue weighted by Crippen LogP contribution is -2.44. The van der Waals surface area contributed by atoms with Gasteiger partial charge in [0.2, 0.25) is 0 Å². The Labute approximate surface area is 202 Å². The molecule has 32 heavy (non-hydrogen) atoms. The van der Waals surface area contributed by atoms with Crippen LogP contribution in [0.4, 0.5) is 5.69 Å². The van der Waals surface area contributed by atoms with E-state index in [9.17, 15) is 19.8 Å². The Balaban J connectivity index is 2.12. The summed E-state index contributed by atoms with van der Waals surface area (Å²) in [6.45, 7) is 5.91. The molecule has 2 N–H and O–H groups in total. The number of rotatable bonds is 4. The number of benzene rings is 1. The molecule has 0 atom stereocenters. The number of carbonyl (C=O) groups excluding carboxylic acids is 1. The van der Waals surface area contributed by atoms with Gasteiger partial charge in [-0.2, -0.15) is 0 Å². The first kappa shape index (κ1) is 24.6. The molecule has 8 heteroatoms. The molecule has 1 amide bonds. The van der Waals surface area contributed by atoms with Crippen molar-refractivity contribution in [1.29, 1.82) is 0 Å². The van der Waals surface area contributed by atoms with E-state index in [0.717, 1.165) is 11.3 Å². The normalized spacial score (nSPS) is 18.6. The number of halogens is 2. The highest BCUT2D eigenvalue weighted by Crippen LogP contribution is 2.37. The van der Waals surface area contributed by atoms with E-state index in [1.807, 2.05) is 20.8 Å². The number of aliphatic hydroxyl groups is 1. The second-order valence-corrected chi connectivity index (χ2v) is 10.8. The van der Waals surface area contributed by atoms with Gasteiger partial charge in [0.15, 0.2) is 0 Å². The molecule has 0 aliphatic heterocycles. The van der Waals surface area contributed by atoms with Gasteiger partial charge in [-0.15, -0.1) is 11.3 Å². The molecule has 1 aliphatic rings. The topological polar surface area (TPSA) is 77.8 Å². The van der Waals surface area contributed by atoms with E-state index in [1.54, 1.807) is 18.2 Å². The number of aromatic carboxylic acids is 1. The van der Waals surface area contributed by atoms with Gasteiger partial charge in [-0.25, -0.2) is 4.79 Å². The molecule has 1 aromatic carbocycles. The van der Waals surface area contributed by atoms with Crippen molar-refractivity contribution in [1.82, 2.24) is 0 Å². The summed E-state index contributed by atoms with van der Waals surface area (Å²) in [5, 5.41) is 20.4. The molecular weight excluding hydrogens is 469 g/mol. The zero-order chi connectivity index (χ0) is 23.6. The molecule has 1 heterocycles. The first-order valence-corrected chi connectivity index (χ1v) is 11.9. The summed E-state index contributed by atoms with van der Waals surface area (Å²) in [5.74, 6) is 4.64. The summed E-state index contributed by atoms with van der Waals surface area (Å²) in [5.41, 5.74) is 0.296. The lowest BCUT2D eigenvalue weighted by atomic mass is 9.91. The molecule has 0 unspecified atom stereocenters. The number of hydrogen-bond donors (Lipinski definition) is 2. The lowest BCUT2D eigenvalue weighted by Gasteiger charge is -2.36. The molecule has 1 aromatic heterocycles. The monoisotopic (exact) mass is 493 g/mol. The lowest BCUT2D eigenvalue weighted by molar-refractivity contribution is 0.0702. The van der Waals surface area contributed by atoms with E-state index in [1.165, 1.54) is 11.0 Å². The third-order valence-corrected chi connectivity index (χ3v) is 6.71. The van der Waals surface area contributed by atoms with Gasteiger partial charge in [0, 0.05) is 16.5 Å². The SMILES string of the molecule is CC(C)(C)C#Cc1cc(N(C(=O)c2ccc(Cl)cc2Cl)[C@H]2CC[C@@H](O)CC2)c(C(=O)O)s1. The molecule has 0 spiro atoms. The van der Waals surface area contributed by atoms with Gasteiger partial charge in [0.05, 0.1) is 27.3 Å². The third kappa shape index (κ3) is 5.85. The number of aliphatic hydroxyl groups excluding tert-OH is 1. The predicted molar refractivity (Wildman–Crippen MR) is 129 cm³/mol. The molecule has 0 saturated heterocycles. The van der Waals surface area contributed by atoms with Crippen LogP contribution in [0, 0.1) is 17.3 Å². The fourth-order valence-corrected chi connectivity index (χ4v) is 4.94. The van der Waals surface area contributed by atoms with Crippen LogP contribution in [-0.2, 0) is 0 Å². The van der Waals surface area contributed by atoms with Gasteiger partial charge < -0.3 is 15.1 Å². The maximum atomic E-state index is 13.7. The van der Waals surface area contributed by atoms with Crippen molar-refractivity contribution >= 4 is 52.1 Å². The predicted octanol–water partition coefficient (Wildman–Crippen LogP) is 6.10. The second kappa shape index (κ2) is 9.84. The zero-order valence-corrected chi connectivity index (χ0v) is 20.4. The molecule has 2 aromatic rings. The molecule has 1 fully saturated rings. The van der Waals surface area contributed by atoms with Crippen LogP contribution in [0.5, 0.6) is 0 Å². The van der Waals surface area contributed by atoms with Crippen molar-refractivity contribution in [3.63, 3.8) is 0 Å². The van der Waals surface area contributed by atoms with Crippen LogP contribution >= 0.6 is 34.5 Å². The van der Waals surface area contributed by atoms with E-state index >= 15 is 0 Å². The Hall–Kier alpha value is -2.04. The number of anilines is 1. The van der Waals surface area contributed by atoms with E-state index in [2.05, 4.69) is 11.8 Å². The van der Waals surface area contributed by atoms with E-state index < -0.39 is 18.0 Å². The number of nitrogens with zero attached hydrogens (tertiary/aromatic N) is 1. The van der Waals surface area contributed by atoms with Crippen LogP contribution < -0.4 is 4.90 Å². The van der Waals surface area contributed by atoms with Crippen molar-refractivity contribution in [3.05, 3.63) is 49.6 Å². The Kier molecular flexibility index (Phi) is 7.57. The van der Waals surface area contributed by atoms with Gasteiger partial charge in [-0.3, -0.25) is 4.79 Å². The molecule has 170 valence electrons. The fraction of sp³-hybridized carbons (Fsp3) is 0.417. The van der Waals surface area contributed by atoms with Crippen LogP contribution in [0.1, 0.15) is 71.4 Å². The average molecular weight is 494 g/mol. The van der Waals surface area contributed by atoms with E-state index in [0.29, 0.717) is 41.3 Å². The highest BCUT2D eigenvalue weighted by Gasteiger charge is 2.34. The molecule has 1 aliphatic carbocycles. The Bertz CT molecular complexity index is 1090. The quantitative estimate of drug-likeness (QED) is 0.504. The summed E-state index contributed by atoms with van der Waals surface area (Å²) < 4.78 is 0. The van der Waals surface area contributed by atoms with Gasteiger partial charge in [0.1, 0.15) is 4.88 Å². The minimum atomic E-state index is -1.12. The first-order chi connectivity index (χ1) is 15.0. The number of carboxylic acids is 1. The molecule has 3 rings (SSSR count). The fourth-order valence-electron chi connectivity index (χ4n) is 3.61. The highest BCUT2D eigenvalue weighted by molar-refractivity contribution is 7.15. The number of hydrogen-bond acceptors (Lipinski definition) is 4. The van der Waals surface area contributed by atoms with Crippen molar-refractivity contribution < 1.29 is 19.8 Å². The van der Waals surface area contributed by atoms with Crippen LogP contribution in [0.15, 0.2) is 24.3 Å². The van der Waals surface area contributed by atoms with Gasteiger partial charge >= 0.3 is 5.97 Å². The highest BCUT2D eigenvalue weighted by atomic mass is 35.5. The van der Waals surface area contributed by atoms with Crippen molar-refractivity contribution in [2.75, 3.05) is 4.90 Å². The average Bonchev–Trinajstić information content (AvgIpc) is 3.12. The summed E-state index contributed by atoms with van der Waals surface area (Å²) in [6, 6.07) is 6.01. The van der Waals surface area contributed by atoms with Crippen LogP contribution in [0.2, 0.25) is 10.0 Å². The summed E-state index contributed by atoms with van der Waals surface area (Å²) >= 11 is 13.4. The molecular formula is C24H25Cl2NO4S. The standard InChI is InChI=1S/C24H25Cl2NO4S/c1-24(2,3)11-10-17-13-20(21(32-17)23(30)31)27(15-5-7-16(28)8-6-15)22(29)18-9-4-14(25)12-19(18)26/h4,9,12-13,15-16,28H,5-8H2,1-3H3,(H,30,31)/t15-,16+. The molecule has 5 nitrogen and oxygen atoms in total. The summed E-state index contributed by atoms with van der Waals surface area (Å²) in [7, 11) is 0. The second-order valence-electron chi connectivity index (χ2n) is 8.89. The van der Waals surface area contributed by atoms with E-state index in [4.69, 9.17) is 23.2 Å². The third-order valence-electron chi connectivity index (χ3n) is 5.14. The molecule has 1 saturated carbocycles. The Morgan fingerprint density at radius 2 is 1.78 bits per heavy atom. The van der Waals surface area contributed by atoms with Crippen molar-refractivity contribution in [2.24, 2.45) is 5.41 Å². The number of carboxylic acid groups (broad SMARTS) is 1. The number of carbonyl (C=O) groups is 2. The summed E-state index contributed by atoms with van der Waals surface area (Å²) in [6.07, 6.45) is 1.75. The minimum Gasteiger partial charge on any atom is -0.477 e. The smallest absolute Gasteiger partial charge is 0.348 e. The van der Waals surface area contributed by atoms with E-state index in [-0.39, 0.29) is 26.9 Å². The van der Waals surface area contributed by atoms with Gasteiger partial charge in [-0.05, 0) is 70.7 Å². The maximum Gasteiger partial charge on any atom is 0.348 e. The number of thiophene rings is 1. The molecule has 0 radical (unpaired) electrons. The molecule has 0 bridgehead atoms. The largest absolute Gasteiger partial charge is 0.477 e. The number of amides is 1. The van der Waals surface area contributed by atoms with Crippen LogP contribution in [0.3, 0.4) is 0 Å².